The number of hydrogen-bond acceptors (Lipinski definition) is 5. The molecule has 8 heteroatoms. The van der Waals surface area contributed by atoms with Crippen LogP contribution in [0.3, 0.4) is 0 Å². The van der Waals surface area contributed by atoms with Gasteiger partial charge in [0.1, 0.15) is 6.10 Å². The van der Waals surface area contributed by atoms with Gasteiger partial charge in [-0.2, -0.15) is 0 Å². The topological polar surface area (TPSA) is 108 Å². The molecule has 2 N–H and O–H groups in total. The highest BCUT2D eigenvalue weighted by Gasteiger charge is 2.50. The maximum absolute atomic E-state index is 10.4. The van der Waals surface area contributed by atoms with Gasteiger partial charge >= 0.3 is 0 Å². The van der Waals surface area contributed by atoms with Crippen molar-refractivity contribution in [3.8, 4) is 0 Å². The van der Waals surface area contributed by atoms with Crippen LogP contribution in [0.4, 0.5) is 0 Å². The molecule has 0 bridgehead atoms. The summed E-state index contributed by atoms with van der Waals surface area (Å²) in [5.41, 5.74) is 8.63. The van der Waals surface area contributed by atoms with E-state index in [1.807, 2.05) is 36.4 Å². The Bertz CT molecular complexity index is 845. The first-order valence-electron chi connectivity index (χ1n) is 10.6. The van der Waals surface area contributed by atoms with E-state index < -0.39 is 26.8 Å². The van der Waals surface area contributed by atoms with Gasteiger partial charge in [0.15, 0.2) is 6.29 Å². The molecule has 1 aliphatic heterocycles. The molecule has 2 aromatic rings. The van der Waals surface area contributed by atoms with Crippen molar-refractivity contribution in [2.45, 2.75) is 50.7 Å². The molecule has 1 saturated heterocycles. The monoisotopic (exact) mass is 441 g/mol. The van der Waals surface area contributed by atoms with Crippen molar-refractivity contribution >= 4 is 18.7 Å². The van der Waals surface area contributed by atoms with Crippen LogP contribution in [0.15, 0.2) is 65.8 Å². The Hall–Kier alpha value is -2.19. The summed E-state index contributed by atoms with van der Waals surface area (Å²) in [4.78, 5) is 2.77. The van der Waals surface area contributed by atoms with Crippen molar-refractivity contribution in [3.05, 3.63) is 71.1 Å². The predicted molar refractivity (Wildman–Crippen MR) is 123 cm³/mol. The van der Waals surface area contributed by atoms with Crippen LogP contribution in [0.1, 0.15) is 27.2 Å². The van der Waals surface area contributed by atoms with Crippen molar-refractivity contribution in [3.63, 3.8) is 0 Å². The molecule has 1 fully saturated rings. The zero-order valence-electron chi connectivity index (χ0n) is 18.3. The van der Waals surface area contributed by atoms with Crippen LogP contribution in [0, 0.1) is 5.92 Å². The molecule has 0 amide bonds. The third-order valence-corrected chi connectivity index (χ3v) is 11.1. The van der Waals surface area contributed by atoms with E-state index in [4.69, 9.17) is 14.7 Å². The van der Waals surface area contributed by atoms with E-state index in [0.717, 1.165) is 0 Å². The molecule has 0 saturated carbocycles. The predicted octanol–water partition coefficient (Wildman–Crippen LogP) is 2.96. The lowest BCUT2D eigenvalue weighted by Gasteiger charge is -2.43. The minimum absolute atomic E-state index is 0.0640. The molecule has 4 atom stereocenters. The minimum atomic E-state index is -2.67. The molecular formula is C23H31N3O4Si. The molecule has 31 heavy (non-hydrogen) atoms. The van der Waals surface area contributed by atoms with Crippen LogP contribution in [-0.4, -0.2) is 50.2 Å². The van der Waals surface area contributed by atoms with Gasteiger partial charge in [-0.25, -0.2) is 0 Å². The number of hydrogen-bond donors (Lipinski definition) is 2. The SMILES string of the molecule is CC(C)(C)[Si](OCC[C@@H]1[C@@H](CN=[N+]=[N-])OC(O)[C@@H]1O)(c1ccccc1)c1ccccc1. The molecule has 166 valence electrons. The average molecular weight is 442 g/mol. The van der Waals surface area contributed by atoms with Crippen LogP contribution >= 0.6 is 0 Å². The lowest BCUT2D eigenvalue weighted by atomic mass is 9.95. The number of aliphatic hydroxyl groups is 2. The van der Waals surface area contributed by atoms with Crippen molar-refractivity contribution in [2.75, 3.05) is 13.2 Å². The highest BCUT2D eigenvalue weighted by molar-refractivity contribution is 6.99. The van der Waals surface area contributed by atoms with Crippen LogP contribution in [0.25, 0.3) is 10.4 Å². The summed E-state index contributed by atoms with van der Waals surface area (Å²) in [7, 11) is -2.67. The lowest BCUT2D eigenvalue weighted by Crippen LogP contribution is -2.66. The Labute approximate surface area is 184 Å². The minimum Gasteiger partial charge on any atom is -0.407 e. The maximum Gasteiger partial charge on any atom is 0.261 e. The Morgan fingerprint density at radius 1 is 1.03 bits per heavy atom. The average Bonchev–Trinajstić information content (AvgIpc) is 3.03. The number of nitrogens with zero attached hydrogens (tertiary/aromatic N) is 3. The second-order valence-corrected chi connectivity index (χ2v) is 13.2. The number of aliphatic hydroxyl groups excluding tert-OH is 2. The molecule has 0 radical (unpaired) electrons. The van der Waals surface area contributed by atoms with Gasteiger partial charge in [-0.3, -0.25) is 0 Å². The van der Waals surface area contributed by atoms with E-state index in [2.05, 4.69) is 55.1 Å². The molecule has 2 aromatic carbocycles. The zero-order chi connectivity index (χ0) is 22.5. The molecule has 0 aromatic heterocycles. The second-order valence-electron chi connectivity index (χ2n) is 8.93. The number of benzene rings is 2. The summed E-state index contributed by atoms with van der Waals surface area (Å²) in [6.07, 6.45) is -2.38. The number of azide groups is 1. The Morgan fingerprint density at radius 3 is 2.06 bits per heavy atom. The highest BCUT2D eigenvalue weighted by Crippen LogP contribution is 2.37. The molecule has 1 unspecified atom stereocenters. The fourth-order valence-electron chi connectivity index (χ4n) is 4.55. The smallest absolute Gasteiger partial charge is 0.261 e. The summed E-state index contributed by atoms with van der Waals surface area (Å²) in [5, 5.41) is 26.1. The van der Waals surface area contributed by atoms with Crippen molar-refractivity contribution < 1.29 is 19.4 Å². The Balaban J connectivity index is 1.90. The van der Waals surface area contributed by atoms with Crippen LogP contribution in [0.2, 0.25) is 5.04 Å². The van der Waals surface area contributed by atoms with Gasteiger partial charge in [0.25, 0.3) is 8.32 Å². The van der Waals surface area contributed by atoms with Gasteiger partial charge in [-0.05, 0) is 27.4 Å². The maximum atomic E-state index is 10.4. The van der Waals surface area contributed by atoms with Crippen LogP contribution in [-0.2, 0) is 9.16 Å². The van der Waals surface area contributed by atoms with E-state index in [1.54, 1.807) is 0 Å². The molecule has 1 heterocycles. The zero-order valence-corrected chi connectivity index (χ0v) is 19.3. The summed E-state index contributed by atoms with van der Waals surface area (Å²) < 4.78 is 12.3. The largest absolute Gasteiger partial charge is 0.407 e. The van der Waals surface area contributed by atoms with Crippen molar-refractivity contribution in [1.82, 2.24) is 0 Å². The van der Waals surface area contributed by atoms with Gasteiger partial charge < -0.3 is 19.4 Å². The number of rotatable bonds is 8. The van der Waals surface area contributed by atoms with Gasteiger partial charge in [0, 0.05) is 17.4 Å². The summed E-state index contributed by atoms with van der Waals surface area (Å²) in [6.45, 7) is 7.08. The van der Waals surface area contributed by atoms with Gasteiger partial charge in [0.2, 0.25) is 0 Å². The normalized spacial score (nSPS) is 24.0. The van der Waals surface area contributed by atoms with E-state index >= 15 is 0 Å². The van der Waals surface area contributed by atoms with Crippen LogP contribution in [0.5, 0.6) is 0 Å². The second kappa shape index (κ2) is 9.95. The van der Waals surface area contributed by atoms with Gasteiger partial charge in [-0.1, -0.05) is 86.5 Å². The summed E-state index contributed by atoms with van der Waals surface area (Å²) >= 11 is 0. The Morgan fingerprint density at radius 2 is 1.58 bits per heavy atom. The summed E-state index contributed by atoms with van der Waals surface area (Å²) in [6, 6.07) is 20.7. The quantitative estimate of drug-likeness (QED) is 0.284. The van der Waals surface area contributed by atoms with Crippen LogP contribution < -0.4 is 10.4 Å². The molecule has 0 aliphatic carbocycles. The standard InChI is InChI=1S/C23H31N3O4Si/c1-23(2,3)31(17-10-6-4-7-11-17,18-12-8-5-9-13-18)29-15-14-19-20(16-25-26-24)30-22(28)21(19)27/h4-13,19-22,27-28H,14-16H2,1-3H3/t19-,20-,21-,22?/m1/s1. The molecular weight excluding hydrogens is 410 g/mol. The van der Waals surface area contributed by atoms with E-state index in [9.17, 15) is 10.2 Å². The molecule has 0 spiro atoms. The van der Waals surface area contributed by atoms with Crippen molar-refractivity contribution in [2.24, 2.45) is 11.0 Å². The fourth-order valence-corrected chi connectivity index (χ4v) is 9.13. The number of ether oxygens (including phenoxy) is 1. The third-order valence-electron chi connectivity index (χ3n) is 6.03. The fraction of sp³-hybridized carbons (Fsp3) is 0.478. The van der Waals surface area contributed by atoms with Gasteiger partial charge in [0.05, 0.1) is 12.6 Å². The third kappa shape index (κ3) is 4.85. The lowest BCUT2D eigenvalue weighted by molar-refractivity contribution is -0.125. The summed E-state index contributed by atoms with van der Waals surface area (Å²) in [5.74, 6) is -0.376. The van der Waals surface area contributed by atoms with E-state index in [1.165, 1.54) is 10.4 Å². The van der Waals surface area contributed by atoms with Gasteiger partial charge in [-0.15, -0.1) is 0 Å². The molecule has 1 aliphatic rings. The van der Waals surface area contributed by atoms with E-state index in [0.29, 0.717) is 13.0 Å². The first-order chi connectivity index (χ1) is 14.8. The molecule has 3 rings (SSSR count). The highest BCUT2D eigenvalue weighted by atomic mass is 28.4. The Kier molecular flexibility index (Phi) is 7.54. The van der Waals surface area contributed by atoms with Crippen molar-refractivity contribution in [1.29, 1.82) is 0 Å². The first-order valence-corrected chi connectivity index (χ1v) is 12.5. The van der Waals surface area contributed by atoms with E-state index in [-0.39, 0.29) is 17.5 Å². The molecule has 7 nitrogen and oxygen atoms in total. The first kappa shape index (κ1) is 23.5.